The first kappa shape index (κ1) is 10.9. The Morgan fingerprint density at radius 2 is 2.25 bits per heavy atom. The Morgan fingerprint density at radius 3 is 2.81 bits per heavy atom. The first-order chi connectivity index (χ1) is 7.61. The summed E-state index contributed by atoms with van der Waals surface area (Å²) in [7, 11) is 1.89. The summed E-state index contributed by atoms with van der Waals surface area (Å²) in [6, 6.07) is 1.87. The van der Waals surface area contributed by atoms with Gasteiger partial charge in [-0.2, -0.15) is 10.2 Å². The molecule has 5 heteroatoms. The highest BCUT2D eigenvalue weighted by molar-refractivity contribution is 5.24. The Morgan fingerprint density at radius 1 is 1.50 bits per heavy atom. The van der Waals surface area contributed by atoms with Crippen LogP contribution in [0.1, 0.15) is 29.9 Å². The molecule has 0 aliphatic heterocycles. The van der Waals surface area contributed by atoms with Crippen molar-refractivity contribution in [2.45, 2.75) is 26.4 Å². The largest absolute Gasteiger partial charge is 0.319 e. The molecule has 86 valence electrons. The molecule has 0 saturated heterocycles. The fourth-order valence-corrected chi connectivity index (χ4v) is 1.84. The van der Waals surface area contributed by atoms with Crippen molar-refractivity contribution in [3.8, 4) is 0 Å². The van der Waals surface area contributed by atoms with Gasteiger partial charge in [-0.15, -0.1) is 0 Å². The molecule has 2 rings (SSSR count). The minimum Gasteiger partial charge on any atom is -0.319 e. The van der Waals surface area contributed by atoms with E-state index >= 15 is 0 Å². The van der Waals surface area contributed by atoms with Crippen LogP contribution in [-0.2, 0) is 13.6 Å². The molecule has 0 saturated carbocycles. The van der Waals surface area contributed by atoms with E-state index in [0.717, 1.165) is 23.5 Å². The Labute approximate surface area is 94.9 Å². The van der Waals surface area contributed by atoms with Gasteiger partial charge in [0.15, 0.2) is 0 Å². The second kappa shape index (κ2) is 4.09. The van der Waals surface area contributed by atoms with E-state index in [1.165, 1.54) is 0 Å². The fourth-order valence-electron chi connectivity index (χ4n) is 1.84. The molecule has 0 amide bonds. The van der Waals surface area contributed by atoms with E-state index in [1.807, 2.05) is 30.9 Å². The minimum atomic E-state index is -0.158. The highest BCUT2D eigenvalue weighted by atomic mass is 15.3. The van der Waals surface area contributed by atoms with Crippen molar-refractivity contribution >= 4 is 0 Å². The lowest BCUT2D eigenvalue weighted by molar-refractivity contribution is 0.597. The summed E-state index contributed by atoms with van der Waals surface area (Å²) in [4.78, 5) is 0. The van der Waals surface area contributed by atoms with Gasteiger partial charge in [-0.3, -0.25) is 9.36 Å². The number of hydrogen-bond acceptors (Lipinski definition) is 3. The molecule has 0 fully saturated rings. The van der Waals surface area contributed by atoms with Crippen LogP contribution in [0.2, 0.25) is 0 Å². The molecule has 5 nitrogen and oxygen atoms in total. The second-order valence-electron chi connectivity index (χ2n) is 3.95. The quantitative estimate of drug-likeness (QED) is 0.837. The van der Waals surface area contributed by atoms with Crippen LogP contribution in [0.3, 0.4) is 0 Å². The molecule has 2 aromatic rings. The summed E-state index contributed by atoms with van der Waals surface area (Å²) in [5.41, 5.74) is 9.25. The standard InChI is InChI=1S/C11H17N5/c1-4-16-10(5-8(2)14-16)11(12)9-6-13-15(3)7-9/h5-7,11H,4,12H2,1-3H3. The van der Waals surface area contributed by atoms with E-state index in [4.69, 9.17) is 5.73 Å². The lowest BCUT2D eigenvalue weighted by atomic mass is 10.1. The van der Waals surface area contributed by atoms with Gasteiger partial charge in [-0.1, -0.05) is 0 Å². The highest BCUT2D eigenvalue weighted by Crippen LogP contribution is 2.19. The van der Waals surface area contributed by atoms with Crippen LogP contribution in [0.15, 0.2) is 18.5 Å². The molecular formula is C11H17N5. The maximum atomic E-state index is 6.21. The van der Waals surface area contributed by atoms with Gasteiger partial charge in [0.25, 0.3) is 0 Å². The van der Waals surface area contributed by atoms with E-state index in [0.29, 0.717) is 0 Å². The molecule has 1 atom stereocenters. The van der Waals surface area contributed by atoms with Gasteiger partial charge >= 0.3 is 0 Å². The normalized spacial score (nSPS) is 13.0. The summed E-state index contributed by atoms with van der Waals surface area (Å²) in [5.74, 6) is 0. The Kier molecular flexibility index (Phi) is 2.78. The molecule has 0 bridgehead atoms. The summed E-state index contributed by atoms with van der Waals surface area (Å²) in [5, 5.41) is 8.52. The summed E-state index contributed by atoms with van der Waals surface area (Å²) in [6.45, 7) is 4.87. The Bertz CT molecular complexity index is 482. The highest BCUT2D eigenvalue weighted by Gasteiger charge is 2.15. The second-order valence-corrected chi connectivity index (χ2v) is 3.95. The maximum absolute atomic E-state index is 6.21. The van der Waals surface area contributed by atoms with Gasteiger partial charge in [0, 0.05) is 25.4 Å². The van der Waals surface area contributed by atoms with Crippen molar-refractivity contribution in [2.24, 2.45) is 12.8 Å². The first-order valence-corrected chi connectivity index (χ1v) is 5.40. The third kappa shape index (κ3) is 1.86. The van der Waals surface area contributed by atoms with Crippen LogP contribution in [-0.4, -0.2) is 19.6 Å². The van der Waals surface area contributed by atoms with Crippen molar-refractivity contribution in [3.63, 3.8) is 0 Å². The maximum Gasteiger partial charge on any atom is 0.0754 e. The number of nitrogens with zero attached hydrogens (tertiary/aromatic N) is 4. The third-order valence-corrected chi connectivity index (χ3v) is 2.64. The predicted molar refractivity (Wildman–Crippen MR) is 61.9 cm³/mol. The molecular weight excluding hydrogens is 202 g/mol. The number of aromatic nitrogens is 4. The summed E-state index contributed by atoms with van der Waals surface area (Å²) >= 11 is 0. The van der Waals surface area contributed by atoms with Gasteiger partial charge in [0.1, 0.15) is 0 Å². The lowest BCUT2D eigenvalue weighted by Crippen LogP contribution is -2.16. The first-order valence-electron chi connectivity index (χ1n) is 5.40. The number of nitrogens with two attached hydrogens (primary N) is 1. The van der Waals surface area contributed by atoms with Crippen molar-refractivity contribution in [3.05, 3.63) is 35.4 Å². The zero-order valence-corrected chi connectivity index (χ0v) is 9.88. The van der Waals surface area contributed by atoms with Crippen molar-refractivity contribution in [1.29, 1.82) is 0 Å². The molecule has 0 aliphatic carbocycles. The molecule has 2 heterocycles. The predicted octanol–water partition coefficient (Wildman–Crippen LogP) is 0.993. The third-order valence-electron chi connectivity index (χ3n) is 2.64. The topological polar surface area (TPSA) is 61.7 Å². The molecule has 1 unspecified atom stereocenters. The Balaban J connectivity index is 2.36. The smallest absolute Gasteiger partial charge is 0.0754 e. The molecule has 2 N–H and O–H groups in total. The van der Waals surface area contributed by atoms with Crippen LogP contribution in [0, 0.1) is 6.92 Å². The monoisotopic (exact) mass is 219 g/mol. The summed E-state index contributed by atoms with van der Waals surface area (Å²) in [6.07, 6.45) is 3.74. The van der Waals surface area contributed by atoms with Gasteiger partial charge in [0.2, 0.25) is 0 Å². The van der Waals surface area contributed by atoms with E-state index in [2.05, 4.69) is 17.1 Å². The SMILES string of the molecule is CCn1nc(C)cc1C(N)c1cnn(C)c1. The van der Waals surface area contributed by atoms with Gasteiger partial charge < -0.3 is 5.73 Å². The fraction of sp³-hybridized carbons (Fsp3) is 0.455. The van der Waals surface area contributed by atoms with Gasteiger partial charge in [-0.05, 0) is 19.9 Å². The molecule has 16 heavy (non-hydrogen) atoms. The number of hydrogen-bond donors (Lipinski definition) is 1. The average molecular weight is 219 g/mol. The molecule has 0 spiro atoms. The van der Waals surface area contributed by atoms with Crippen LogP contribution in [0.5, 0.6) is 0 Å². The van der Waals surface area contributed by atoms with Crippen molar-refractivity contribution < 1.29 is 0 Å². The Hall–Kier alpha value is -1.62. The van der Waals surface area contributed by atoms with E-state index in [9.17, 15) is 0 Å². The van der Waals surface area contributed by atoms with Crippen LogP contribution >= 0.6 is 0 Å². The number of aryl methyl sites for hydroxylation is 3. The van der Waals surface area contributed by atoms with Crippen molar-refractivity contribution in [1.82, 2.24) is 19.6 Å². The van der Waals surface area contributed by atoms with Crippen LogP contribution in [0.4, 0.5) is 0 Å². The molecule has 0 aliphatic rings. The zero-order chi connectivity index (χ0) is 11.7. The van der Waals surface area contributed by atoms with E-state index in [1.54, 1.807) is 10.9 Å². The molecule has 0 aromatic carbocycles. The summed E-state index contributed by atoms with van der Waals surface area (Å²) < 4.78 is 3.70. The molecule has 0 radical (unpaired) electrons. The van der Waals surface area contributed by atoms with Gasteiger partial charge in [0.05, 0.1) is 23.6 Å². The van der Waals surface area contributed by atoms with Gasteiger partial charge in [-0.25, -0.2) is 0 Å². The lowest BCUT2D eigenvalue weighted by Gasteiger charge is -2.11. The van der Waals surface area contributed by atoms with Crippen molar-refractivity contribution in [2.75, 3.05) is 0 Å². The molecule has 2 aromatic heterocycles. The van der Waals surface area contributed by atoms with Crippen LogP contribution < -0.4 is 5.73 Å². The minimum absolute atomic E-state index is 0.158. The van der Waals surface area contributed by atoms with Crippen LogP contribution in [0.25, 0.3) is 0 Å². The van der Waals surface area contributed by atoms with E-state index in [-0.39, 0.29) is 6.04 Å². The zero-order valence-electron chi connectivity index (χ0n) is 9.88. The number of rotatable bonds is 3. The average Bonchev–Trinajstić information content (AvgIpc) is 2.83. The van der Waals surface area contributed by atoms with E-state index < -0.39 is 0 Å².